The molecule has 14 heavy (non-hydrogen) atoms. The maximum atomic E-state index is 11.7. The van der Waals surface area contributed by atoms with E-state index in [9.17, 15) is 18.0 Å². The van der Waals surface area contributed by atoms with Crippen molar-refractivity contribution in [2.75, 3.05) is 13.1 Å². The first-order valence-electron chi connectivity index (χ1n) is 3.69. The fraction of sp³-hybridized carbons (Fsp3) is 0.833. The Balaban J connectivity index is 3.70. The number of hydrogen-bond donors (Lipinski definition) is 4. The Labute approximate surface area is 77.7 Å². The number of hydrogen-bond acceptors (Lipinski definition) is 4. The van der Waals surface area contributed by atoms with Crippen molar-refractivity contribution >= 4 is 5.97 Å². The van der Waals surface area contributed by atoms with Crippen molar-refractivity contribution in [2.24, 2.45) is 5.73 Å². The molecule has 0 rings (SSSR count). The van der Waals surface area contributed by atoms with Crippen molar-refractivity contribution in [2.45, 2.75) is 18.3 Å². The van der Waals surface area contributed by atoms with Crippen LogP contribution in [0, 0.1) is 0 Å². The van der Waals surface area contributed by atoms with Gasteiger partial charge in [-0.3, -0.25) is 4.79 Å². The molecule has 0 saturated carbocycles. The Morgan fingerprint density at radius 3 is 2.29 bits per heavy atom. The number of carboxylic acids is 1. The van der Waals surface area contributed by atoms with Crippen LogP contribution in [0.2, 0.25) is 0 Å². The van der Waals surface area contributed by atoms with Crippen molar-refractivity contribution in [1.82, 2.24) is 5.32 Å². The van der Waals surface area contributed by atoms with E-state index in [2.05, 4.69) is 5.32 Å². The van der Waals surface area contributed by atoms with E-state index in [1.807, 2.05) is 0 Å². The highest BCUT2D eigenvalue weighted by Gasteiger charge is 2.37. The quantitative estimate of drug-likeness (QED) is 0.468. The van der Waals surface area contributed by atoms with Crippen molar-refractivity contribution in [3.63, 3.8) is 0 Å². The molecular weight excluding hydrogens is 205 g/mol. The molecule has 5 nitrogen and oxygen atoms in total. The first kappa shape index (κ1) is 13.1. The van der Waals surface area contributed by atoms with E-state index in [0.717, 1.165) is 0 Å². The molecule has 2 unspecified atom stereocenters. The fourth-order valence-electron chi connectivity index (χ4n) is 0.579. The molecule has 0 aromatic heterocycles. The van der Waals surface area contributed by atoms with Crippen LogP contribution in [0.1, 0.15) is 0 Å². The zero-order valence-corrected chi connectivity index (χ0v) is 7.08. The first-order chi connectivity index (χ1) is 6.25. The molecule has 0 saturated heterocycles. The minimum Gasteiger partial charge on any atom is -0.480 e. The van der Waals surface area contributed by atoms with E-state index in [1.54, 1.807) is 0 Å². The summed E-state index contributed by atoms with van der Waals surface area (Å²) in [6.45, 7) is -1.10. The molecule has 0 bridgehead atoms. The molecule has 84 valence electrons. The van der Waals surface area contributed by atoms with Crippen LogP contribution in [-0.4, -0.2) is 47.6 Å². The Morgan fingerprint density at radius 1 is 1.43 bits per heavy atom. The maximum absolute atomic E-state index is 11.7. The van der Waals surface area contributed by atoms with Gasteiger partial charge in [-0.2, -0.15) is 13.2 Å². The Hall–Kier alpha value is -0.860. The molecule has 0 aliphatic carbocycles. The molecule has 0 aliphatic rings. The third-order valence-electron chi connectivity index (χ3n) is 1.40. The van der Waals surface area contributed by atoms with Crippen LogP contribution >= 0.6 is 0 Å². The third-order valence-corrected chi connectivity index (χ3v) is 1.40. The van der Waals surface area contributed by atoms with Gasteiger partial charge in [-0.1, -0.05) is 0 Å². The molecular formula is C6H11F3N2O3. The normalized spacial score (nSPS) is 16.4. The highest BCUT2D eigenvalue weighted by Crippen LogP contribution is 2.18. The van der Waals surface area contributed by atoms with E-state index in [0.29, 0.717) is 0 Å². The van der Waals surface area contributed by atoms with Crippen molar-refractivity contribution < 1.29 is 28.2 Å². The second-order valence-corrected chi connectivity index (χ2v) is 2.66. The summed E-state index contributed by atoms with van der Waals surface area (Å²) in [5.74, 6) is -1.32. The highest BCUT2D eigenvalue weighted by atomic mass is 19.4. The van der Waals surface area contributed by atoms with Crippen LogP contribution in [-0.2, 0) is 4.79 Å². The van der Waals surface area contributed by atoms with E-state index in [-0.39, 0.29) is 6.54 Å². The summed E-state index contributed by atoms with van der Waals surface area (Å²) in [5.41, 5.74) is 4.99. The lowest BCUT2D eigenvalue weighted by Gasteiger charge is -2.15. The molecule has 0 aromatic rings. The van der Waals surface area contributed by atoms with Crippen LogP contribution in [0.5, 0.6) is 0 Å². The molecule has 0 fully saturated rings. The monoisotopic (exact) mass is 216 g/mol. The van der Waals surface area contributed by atoms with Crippen molar-refractivity contribution in [1.29, 1.82) is 0 Å². The van der Waals surface area contributed by atoms with Gasteiger partial charge in [0.1, 0.15) is 6.04 Å². The number of aliphatic hydroxyl groups excluding tert-OH is 1. The Kier molecular flexibility index (Phi) is 4.81. The summed E-state index contributed by atoms with van der Waals surface area (Å²) >= 11 is 0. The molecule has 0 aromatic carbocycles. The predicted octanol–water partition coefficient (Wildman–Crippen LogP) is -1.09. The number of carbonyl (C=O) groups is 1. The zero-order chi connectivity index (χ0) is 11.4. The Morgan fingerprint density at radius 2 is 1.93 bits per heavy atom. The van der Waals surface area contributed by atoms with Gasteiger partial charge in [0.15, 0.2) is 6.10 Å². The van der Waals surface area contributed by atoms with Gasteiger partial charge in [0.2, 0.25) is 0 Å². The lowest BCUT2D eigenvalue weighted by Crippen LogP contribution is -2.45. The summed E-state index contributed by atoms with van der Waals surface area (Å²) in [7, 11) is 0. The van der Waals surface area contributed by atoms with Gasteiger partial charge in [-0.15, -0.1) is 0 Å². The van der Waals surface area contributed by atoms with Gasteiger partial charge in [-0.05, 0) is 0 Å². The highest BCUT2D eigenvalue weighted by molar-refractivity contribution is 5.73. The molecule has 5 N–H and O–H groups in total. The third kappa shape index (κ3) is 5.00. The SMILES string of the molecule is NC(CNCC(O)C(F)(F)F)C(=O)O. The topological polar surface area (TPSA) is 95.6 Å². The van der Waals surface area contributed by atoms with Crippen LogP contribution in [0.4, 0.5) is 13.2 Å². The van der Waals surface area contributed by atoms with Crippen molar-refractivity contribution in [3.05, 3.63) is 0 Å². The average molecular weight is 216 g/mol. The second kappa shape index (κ2) is 5.13. The molecule has 2 atom stereocenters. The van der Waals surface area contributed by atoms with Gasteiger partial charge in [0, 0.05) is 13.1 Å². The lowest BCUT2D eigenvalue weighted by atomic mass is 10.3. The average Bonchev–Trinajstić information content (AvgIpc) is 2.01. The first-order valence-corrected chi connectivity index (χ1v) is 3.69. The van der Waals surface area contributed by atoms with Gasteiger partial charge >= 0.3 is 12.1 Å². The minimum absolute atomic E-state index is 0.331. The number of aliphatic carboxylic acids is 1. The van der Waals surface area contributed by atoms with Gasteiger partial charge in [-0.25, -0.2) is 0 Å². The molecule has 0 radical (unpaired) electrons. The summed E-state index contributed by atoms with van der Waals surface area (Å²) in [6, 6.07) is -1.28. The predicted molar refractivity (Wildman–Crippen MR) is 40.5 cm³/mol. The van der Waals surface area contributed by atoms with Crippen LogP contribution < -0.4 is 11.1 Å². The summed E-state index contributed by atoms with van der Waals surface area (Å²) < 4.78 is 35.1. The lowest BCUT2D eigenvalue weighted by molar-refractivity contribution is -0.201. The zero-order valence-electron chi connectivity index (χ0n) is 7.08. The molecule has 0 spiro atoms. The summed E-state index contributed by atoms with van der Waals surface area (Å²) in [4.78, 5) is 10.1. The largest absolute Gasteiger partial charge is 0.480 e. The number of nitrogens with one attached hydrogen (secondary N) is 1. The van der Waals surface area contributed by atoms with Crippen LogP contribution in [0.3, 0.4) is 0 Å². The molecule has 0 aliphatic heterocycles. The van der Waals surface area contributed by atoms with E-state index in [1.165, 1.54) is 0 Å². The maximum Gasteiger partial charge on any atom is 0.415 e. The van der Waals surface area contributed by atoms with Gasteiger partial charge in [0.05, 0.1) is 0 Å². The van der Waals surface area contributed by atoms with E-state index < -0.39 is 30.8 Å². The van der Waals surface area contributed by atoms with E-state index in [4.69, 9.17) is 15.9 Å². The molecule has 0 amide bonds. The van der Waals surface area contributed by atoms with Crippen LogP contribution in [0.15, 0.2) is 0 Å². The van der Waals surface area contributed by atoms with Crippen molar-refractivity contribution in [3.8, 4) is 0 Å². The van der Waals surface area contributed by atoms with Gasteiger partial charge in [0.25, 0.3) is 0 Å². The fourth-order valence-corrected chi connectivity index (χ4v) is 0.579. The molecule has 8 heteroatoms. The van der Waals surface area contributed by atoms with Gasteiger partial charge < -0.3 is 21.3 Å². The minimum atomic E-state index is -4.71. The smallest absolute Gasteiger partial charge is 0.415 e. The number of halogens is 3. The number of aliphatic hydroxyl groups is 1. The standard InChI is InChI=1S/C6H11F3N2O3/c7-6(8,9)4(12)2-11-1-3(10)5(13)14/h3-4,11-12H,1-2,10H2,(H,13,14). The Bertz CT molecular complexity index is 197. The van der Waals surface area contributed by atoms with E-state index >= 15 is 0 Å². The number of alkyl halides is 3. The van der Waals surface area contributed by atoms with Crippen LogP contribution in [0.25, 0.3) is 0 Å². The number of rotatable bonds is 5. The summed E-state index contributed by atoms with van der Waals surface area (Å²) in [5, 5.41) is 18.8. The summed E-state index contributed by atoms with van der Waals surface area (Å²) in [6.07, 6.45) is -7.22. The molecule has 0 heterocycles. The number of nitrogens with two attached hydrogens (primary N) is 1. The number of carboxylic acid groups (broad SMARTS) is 1. The second-order valence-electron chi connectivity index (χ2n) is 2.66.